The van der Waals surface area contributed by atoms with Crippen LogP contribution in [-0.2, 0) is 31.0 Å². The van der Waals surface area contributed by atoms with Crippen molar-refractivity contribution in [2.24, 2.45) is 0 Å². The zero-order valence-corrected chi connectivity index (χ0v) is 31.8. The van der Waals surface area contributed by atoms with Gasteiger partial charge in [-0.3, -0.25) is 43.9 Å². The molecule has 3 saturated heterocycles. The number of thiazole rings is 1. The molecule has 3 aromatic rings. The number of imide groups is 2. The van der Waals surface area contributed by atoms with Gasteiger partial charge in [-0.15, -0.1) is 11.3 Å². The first kappa shape index (κ1) is 36.8. The Morgan fingerprint density at radius 3 is 2.60 bits per heavy atom. The standard InChI is InChI=1S/C40H45N7O7S/c1-23-33(39-20-40(21-39,46(2)22-39)37(53)42-25-12-13-25)45-38(55-23)44-31(49)19-24-8-6-9-26(18-24)54-17-5-3-4-16-41-28-11-7-10-27-32(28)36(52)47(35(27)51)29-14-15-30(48)43-34(29)50/h6-11,18,25,29,41H,3-5,12-17,19-22H2,1-2H3,(H,42,53)(H,43,48,50)(H,44,45,49). The number of nitrogens with one attached hydrogen (secondary N) is 4. The third-order valence-electron chi connectivity index (χ3n) is 11.5. The van der Waals surface area contributed by atoms with E-state index in [1.54, 1.807) is 18.2 Å². The summed E-state index contributed by atoms with van der Waals surface area (Å²) in [6, 6.07) is 11.9. The van der Waals surface area contributed by atoms with Gasteiger partial charge in [0.05, 0.1) is 29.8 Å². The van der Waals surface area contributed by atoms with Gasteiger partial charge in [-0.1, -0.05) is 18.2 Å². The van der Waals surface area contributed by atoms with Gasteiger partial charge in [0.15, 0.2) is 5.13 Å². The molecule has 2 saturated carbocycles. The summed E-state index contributed by atoms with van der Waals surface area (Å²) in [4.78, 5) is 85.6. The molecule has 4 aliphatic heterocycles. The summed E-state index contributed by atoms with van der Waals surface area (Å²) in [6.45, 7) is 3.88. The molecular formula is C40H45N7O7S. The maximum atomic E-state index is 13.3. The van der Waals surface area contributed by atoms with E-state index in [0.717, 1.165) is 72.5 Å². The molecule has 6 amide bonds. The molecule has 0 radical (unpaired) electrons. The van der Waals surface area contributed by atoms with Crippen molar-refractivity contribution in [2.45, 2.75) is 94.2 Å². The van der Waals surface area contributed by atoms with E-state index in [1.807, 2.05) is 38.2 Å². The van der Waals surface area contributed by atoms with E-state index >= 15 is 0 Å². The molecule has 2 bridgehead atoms. The second-order valence-corrected chi connectivity index (χ2v) is 16.8. The lowest BCUT2D eigenvalue weighted by Gasteiger charge is -2.45. The molecular weight excluding hydrogens is 723 g/mol. The molecule has 1 atom stereocenters. The number of likely N-dealkylation sites (N-methyl/N-ethyl adjacent to an activating group) is 1. The molecule has 1 aromatic heterocycles. The van der Waals surface area contributed by atoms with Gasteiger partial charge in [0.2, 0.25) is 23.6 Å². The van der Waals surface area contributed by atoms with E-state index in [1.165, 1.54) is 11.3 Å². The third-order valence-corrected chi connectivity index (χ3v) is 12.4. The quantitative estimate of drug-likeness (QED) is 0.132. The van der Waals surface area contributed by atoms with Crippen LogP contribution in [-0.4, -0.2) is 94.6 Å². The number of unbranched alkanes of at least 4 members (excludes halogenated alkanes) is 2. The third kappa shape index (κ3) is 6.99. The molecule has 1 unspecified atom stereocenters. The number of piperidine rings is 1. The van der Waals surface area contributed by atoms with Crippen LogP contribution in [0.1, 0.15) is 94.6 Å². The van der Waals surface area contributed by atoms with Crippen LogP contribution < -0.4 is 26.0 Å². The number of carbonyl (C=O) groups excluding carboxylic acids is 6. The topological polar surface area (TPSA) is 179 Å². The van der Waals surface area contributed by atoms with E-state index in [9.17, 15) is 28.8 Å². The van der Waals surface area contributed by atoms with Gasteiger partial charge in [0.1, 0.15) is 17.3 Å². The van der Waals surface area contributed by atoms with E-state index < -0.39 is 35.2 Å². The normalized spacial score (nSPS) is 24.3. The SMILES string of the molecule is Cc1sc(NC(=O)Cc2cccc(OCCCCCNc3cccc4c3C(=O)N(C3CCC(=O)NC3=O)C4=O)c2)nc1C12CN(C)C(C(=O)NC3CC3)(C1)C2. The first-order valence-corrected chi connectivity index (χ1v) is 19.9. The van der Waals surface area contributed by atoms with Crippen molar-refractivity contribution in [3.8, 4) is 5.75 Å². The fourth-order valence-electron chi connectivity index (χ4n) is 8.69. The van der Waals surface area contributed by atoms with Crippen LogP contribution in [0.3, 0.4) is 0 Å². The molecule has 14 nitrogen and oxygen atoms in total. The van der Waals surface area contributed by atoms with Gasteiger partial charge in [0, 0.05) is 41.5 Å². The lowest BCUT2D eigenvalue weighted by atomic mass is 9.59. The molecule has 5 fully saturated rings. The first-order valence-electron chi connectivity index (χ1n) is 19.1. The molecule has 288 valence electrons. The van der Waals surface area contributed by atoms with Crippen molar-refractivity contribution in [2.75, 3.05) is 37.4 Å². The summed E-state index contributed by atoms with van der Waals surface area (Å²) >= 11 is 1.48. The molecule has 4 N–H and O–H groups in total. The minimum absolute atomic E-state index is 0.0699. The Bertz CT molecular complexity index is 2090. The van der Waals surface area contributed by atoms with Crippen molar-refractivity contribution in [3.63, 3.8) is 0 Å². The van der Waals surface area contributed by atoms with Crippen LogP contribution in [0, 0.1) is 6.92 Å². The number of fused-ring (bicyclic) bond motifs is 2. The van der Waals surface area contributed by atoms with E-state index in [-0.39, 0.29) is 47.6 Å². The van der Waals surface area contributed by atoms with Gasteiger partial charge in [-0.05, 0) is 95.2 Å². The van der Waals surface area contributed by atoms with Crippen molar-refractivity contribution in [1.82, 2.24) is 25.4 Å². The van der Waals surface area contributed by atoms with Crippen molar-refractivity contribution >= 4 is 57.6 Å². The van der Waals surface area contributed by atoms with Gasteiger partial charge in [0.25, 0.3) is 11.8 Å². The number of anilines is 2. The zero-order chi connectivity index (χ0) is 38.5. The molecule has 2 aromatic carbocycles. The van der Waals surface area contributed by atoms with Crippen LogP contribution in [0.15, 0.2) is 42.5 Å². The van der Waals surface area contributed by atoms with E-state index in [4.69, 9.17) is 9.72 Å². The van der Waals surface area contributed by atoms with Crippen LogP contribution in [0.5, 0.6) is 5.75 Å². The predicted octanol–water partition coefficient (Wildman–Crippen LogP) is 3.69. The number of amides is 6. The van der Waals surface area contributed by atoms with E-state index in [0.29, 0.717) is 35.8 Å². The molecule has 6 aliphatic rings. The maximum absolute atomic E-state index is 13.3. The molecule has 55 heavy (non-hydrogen) atoms. The Morgan fingerprint density at radius 1 is 1.02 bits per heavy atom. The Hall–Kier alpha value is -5.15. The summed E-state index contributed by atoms with van der Waals surface area (Å²) in [6.07, 6.45) is 6.43. The van der Waals surface area contributed by atoms with E-state index in [2.05, 4.69) is 26.2 Å². The van der Waals surface area contributed by atoms with Crippen LogP contribution in [0.25, 0.3) is 0 Å². The van der Waals surface area contributed by atoms with Crippen molar-refractivity contribution in [1.29, 1.82) is 0 Å². The van der Waals surface area contributed by atoms with Gasteiger partial charge in [-0.25, -0.2) is 4.98 Å². The number of aromatic nitrogens is 1. The average molecular weight is 768 g/mol. The second kappa shape index (κ2) is 14.5. The summed E-state index contributed by atoms with van der Waals surface area (Å²) in [5, 5.41) is 12.3. The Morgan fingerprint density at radius 2 is 1.82 bits per heavy atom. The number of rotatable bonds is 15. The number of ether oxygens (including phenoxy) is 1. The number of aryl methyl sites for hydroxylation is 1. The highest BCUT2D eigenvalue weighted by molar-refractivity contribution is 7.15. The Balaban J connectivity index is 0.770. The number of hydrogen-bond acceptors (Lipinski definition) is 11. The highest BCUT2D eigenvalue weighted by atomic mass is 32.1. The smallest absolute Gasteiger partial charge is 0.264 e. The highest BCUT2D eigenvalue weighted by Crippen LogP contribution is 2.60. The summed E-state index contributed by atoms with van der Waals surface area (Å²) in [5.41, 5.74) is 2.24. The largest absolute Gasteiger partial charge is 0.494 e. The van der Waals surface area contributed by atoms with Crippen LogP contribution >= 0.6 is 11.3 Å². The summed E-state index contributed by atoms with van der Waals surface area (Å²) in [5.74, 6) is -1.44. The lowest BCUT2D eigenvalue weighted by Crippen LogP contribution is -2.60. The zero-order valence-electron chi connectivity index (χ0n) is 31.0. The number of hydrogen-bond donors (Lipinski definition) is 4. The summed E-state index contributed by atoms with van der Waals surface area (Å²) in [7, 11) is 2.03. The number of carbonyl (C=O) groups is 6. The monoisotopic (exact) mass is 767 g/mol. The van der Waals surface area contributed by atoms with Gasteiger partial charge < -0.3 is 20.7 Å². The van der Waals surface area contributed by atoms with Crippen molar-refractivity contribution in [3.05, 3.63) is 69.7 Å². The highest BCUT2D eigenvalue weighted by Gasteiger charge is 2.69. The molecule has 15 heteroatoms. The number of benzene rings is 2. The fourth-order valence-corrected chi connectivity index (χ4v) is 9.64. The average Bonchev–Trinajstić information content (AvgIpc) is 3.60. The lowest BCUT2D eigenvalue weighted by molar-refractivity contribution is -0.136. The number of nitrogens with zero attached hydrogens (tertiary/aromatic N) is 3. The molecule has 2 aliphatic carbocycles. The van der Waals surface area contributed by atoms with Crippen molar-refractivity contribution < 1.29 is 33.5 Å². The fraction of sp³-hybridized carbons (Fsp3) is 0.475. The van der Waals surface area contributed by atoms with Gasteiger partial charge in [-0.2, -0.15) is 0 Å². The predicted molar refractivity (Wildman–Crippen MR) is 204 cm³/mol. The maximum Gasteiger partial charge on any atom is 0.264 e. The summed E-state index contributed by atoms with van der Waals surface area (Å²) < 4.78 is 6.00. The van der Waals surface area contributed by atoms with Crippen LogP contribution in [0.2, 0.25) is 0 Å². The molecule has 9 rings (SSSR count). The molecule has 5 heterocycles. The second-order valence-electron chi connectivity index (χ2n) is 15.6. The molecule has 0 spiro atoms. The minimum atomic E-state index is -1.01. The Labute approximate surface area is 322 Å². The van der Waals surface area contributed by atoms with Crippen LogP contribution in [0.4, 0.5) is 10.8 Å². The Kier molecular flexibility index (Phi) is 9.70. The first-order chi connectivity index (χ1) is 26.5. The van der Waals surface area contributed by atoms with Gasteiger partial charge >= 0.3 is 0 Å². The minimum Gasteiger partial charge on any atom is -0.494 e.